The molecule has 3 aromatic carbocycles. The maximum absolute atomic E-state index is 6.41. The molecule has 0 unspecified atom stereocenters. The van der Waals surface area contributed by atoms with Crippen LogP contribution in [0.5, 0.6) is 0 Å². The first kappa shape index (κ1) is 20.3. The van der Waals surface area contributed by atoms with Crippen LogP contribution in [0.15, 0.2) is 48.5 Å². The monoisotopic (exact) mass is 400 g/mol. The molecule has 0 N–H and O–H groups in total. The fraction of sp³-hybridized carbons (Fsp3) is 0.333. The Hall–Kier alpha value is -1.99. The van der Waals surface area contributed by atoms with Crippen LogP contribution in [0.1, 0.15) is 53.1 Å². The number of fused-ring (bicyclic) bond motifs is 2. The van der Waals surface area contributed by atoms with Crippen LogP contribution in [-0.4, -0.2) is 6.71 Å². The predicted molar refractivity (Wildman–Crippen MR) is 129 cm³/mol. The molecule has 0 saturated heterocycles. The number of unbranched alkanes of at least 4 members (excludes halogenated alkanes) is 1. The van der Waals surface area contributed by atoms with Crippen molar-refractivity contribution in [2.75, 3.05) is 0 Å². The van der Waals surface area contributed by atoms with Crippen molar-refractivity contribution in [2.45, 2.75) is 59.8 Å². The summed E-state index contributed by atoms with van der Waals surface area (Å²) in [5.74, 6) is 0. The average Bonchev–Trinajstić information content (AvgIpc) is 2.82. The molecule has 0 amide bonds. The summed E-state index contributed by atoms with van der Waals surface area (Å²) in [4.78, 5) is 0. The van der Waals surface area contributed by atoms with Crippen molar-refractivity contribution in [1.82, 2.24) is 0 Å². The molecule has 0 aliphatic carbocycles. The van der Waals surface area contributed by atoms with Gasteiger partial charge in [0.25, 0.3) is 0 Å². The van der Waals surface area contributed by atoms with Crippen molar-refractivity contribution >= 4 is 34.7 Å². The molecule has 29 heavy (non-hydrogen) atoms. The molecule has 0 spiro atoms. The van der Waals surface area contributed by atoms with Gasteiger partial charge in [-0.15, -0.1) is 0 Å². The third-order valence-electron chi connectivity index (χ3n) is 6.39. The van der Waals surface area contributed by atoms with Crippen LogP contribution in [0.2, 0.25) is 5.02 Å². The molecule has 3 aromatic rings. The van der Waals surface area contributed by atoms with E-state index in [1.807, 2.05) is 0 Å². The van der Waals surface area contributed by atoms with Crippen molar-refractivity contribution in [3.63, 3.8) is 0 Å². The Morgan fingerprint density at radius 1 is 0.828 bits per heavy atom. The minimum Gasteiger partial charge on any atom is -0.0843 e. The Morgan fingerprint density at radius 3 is 2.24 bits per heavy atom. The van der Waals surface area contributed by atoms with Crippen LogP contribution in [0.25, 0.3) is 0 Å². The van der Waals surface area contributed by atoms with Gasteiger partial charge in [-0.3, -0.25) is 0 Å². The van der Waals surface area contributed by atoms with Gasteiger partial charge >= 0.3 is 0 Å². The average molecular weight is 401 g/mol. The van der Waals surface area contributed by atoms with Gasteiger partial charge in [0, 0.05) is 5.02 Å². The van der Waals surface area contributed by atoms with E-state index < -0.39 is 0 Å². The number of benzene rings is 3. The molecule has 0 aromatic heterocycles. The van der Waals surface area contributed by atoms with Crippen molar-refractivity contribution in [1.29, 1.82) is 0 Å². The van der Waals surface area contributed by atoms with E-state index in [0.29, 0.717) is 0 Å². The first-order chi connectivity index (χ1) is 14.0. The zero-order valence-electron chi connectivity index (χ0n) is 18.1. The van der Waals surface area contributed by atoms with Gasteiger partial charge < -0.3 is 0 Å². The Bertz CT molecular complexity index is 997. The van der Waals surface area contributed by atoms with Crippen LogP contribution >= 0.6 is 11.6 Å². The second kappa shape index (κ2) is 8.40. The molecule has 0 bridgehead atoms. The number of halogens is 1. The Balaban J connectivity index is 2.00. The minimum atomic E-state index is 0.285. The largest absolute Gasteiger partial charge is 0.242 e. The quantitative estimate of drug-likeness (QED) is 0.526. The highest BCUT2D eigenvalue weighted by atomic mass is 35.5. The maximum Gasteiger partial charge on any atom is 0.242 e. The molecule has 1 aliphatic rings. The van der Waals surface area contributed by atoms with E-state index in [1.54, 1.807) is 0 Å². The molecule has 0 saturated carbocycles. The number of hydrogen-bond acceptors (Lipinski definition) is 0. The molecule has 4 rings (SSSR count). The lowest BCUT2D eigenvalue weighted by Crippen LogP contribution is -2.55. The van der Waals surface area contributed by atoms with Crippen molar-refractivity contribution in [3.05, 3.63) is 86.9 Å². The molecule has 1 heterocycles. The van der Waals surface area contributed by atoms with Gasteiger partial charge in [0.2, 0.25) is 6.71 Å². The van der Waals surface area contributed by atoms with E-state index in [9.17, 15) is 0 Å². The smallest absolute Gasteiger partial charge is 0.0843 e. The number of hydrogen-bond donors (Lipinski definition) is 0. The van der Waals surface area contributed by atoms with Crippen LogP contribution in [0, 0.1) is 20.8 Å². The summed E-state index contributed by atoms with van der Waals surface area (Å²) in [7, 11) is 0. The maximum atomic E-state index is 6.41. The van der Waals surface area contributed by atoms with E-state index in [2.05, 4.69) is 76.2 Å². The minimum absolute atomic E-state index is 0.285. The zero-order valence-corrected chi connectivity index (χ0v) is 18.9. The summed E-state index contributed by atoms with van der Waals surface area (Å²) in [5, 5.41) is 0.844. The van der Waals surface area contributed by atoms with Gasteiger partial charge in [0.1, 0.15) is 0 Å². The van der Waals surface area contributed by atoms with Gasteiger partial charge in [0.05, 0.1) is 0 Å². The third kappa shape index (κ3) is 4.03. The van der Waals surface area contributed by atoms with Gasteiger partial charge in [-0.1, -0.05) is 111 Å². The summed E-state index contributed by atoms with van der Waals surface area (Å²) in [6.45, 7) is 9.29. The highest BCUT2D eigenvalue weighted by Gasteiger charge is 2.31. The number of rotatable bonds is 4. The fourth-order valence-electron chi connectivity index (χ4n) is 5.11. The fourth-order valence-corrected chi connectivity index (χ4v) is 5.30. The SMILES string of the molecule is CCCCc1cc(C)cc(C)c1B1c2ccc(C)cc2CCc2cc(Cl)ccc21. The molecular weight excluding hydrogens is 371 g/mol. The zero-order chi connectivity index (χ0) is 20.5. The van der Waals surface area contributed by atoms with E-state index in [0.717, 1.165) is 24.3 Å². The molecule has 0 radical (unpaired) electrons. The summed E-state index contributed by atoms with van der Waals surface area (Å²) in [5.41, 5.74) is 13.0. The highest BCUT2D eigenvalue weighted by Crippen LogP contribution is 2.20. The normalized spacial score (nSPS) is 13.1. The van der Waals surface area contributed by atoms with Crippen molar-refractivity contribution in [2.24, 2.45) is 0 Å². The van der Waals surface area contributed by atoms with Gasteiger partial charge in [-0.2, -0.15) is 0 Å². The van der Waals surface area contributed by atoms with Crippen LogP contribution in [-0.2, 0) is 19.3 Å². The standard InChI is InChI=1S/C27H30BCl/c1-5-6-7-23-16-19(3)14-20(4)27(23)28-25-12-8-18(2)15-21(25)9-10-22-17-24(29)11-13-26(22)28/h8,11-17H,5-7,9-10H2,1-4H3. The van der Waals surface area contributed by atoms with Crippen LogP contribution in [0.4, 0.5) is 0 Å². The Morgan fingerprint density at radius 2 is 1.52 bits per heavy atom. The van der Waals surface area contributed by atoms with Gasteiger partial charge in [-0.05, 0) is 58.6 Å². The summed E-state index contributed by atoms with van der Waals surface area (Å²) in [6.07, 6.45) is 5.74. The van der Waals surface area contributed by atoms with Crippen LogP contribution < -0.4 is 16.4 Å². The summed E-state index contributed by atoms with van der Waals surface area (Å²) >= 11 is 6.41. The molecular formula is C27H30BCl. The van der Waals surface area contributed by atoms with E-state index in [4.69, 9.17) is 11.6 Å². The topological polar surface area (TPSA) is 0 Å². The number of aryl methyl sites for hydroxylation is 6. The first-order valence-electron chi connectivity index (χ1n) is 11.0. The van der Waals surface area contributed by atoms with Gasteiger partial charge in [0.15, 0.2) is 0 Å². The Labute approximate surface area is 181 Å². The second-order valence-electron chi connectivity index (χ2n) is 8.74. The predicted octanol–water partition coefficient (Wildman–Crippen LogP) is 5.22. The van der Waals surface area contributed by atoms with Crippen molar-refractivity contribution < 1.29 is 0 Å². The Kier molecular flexibility index (Phi) is 5.88. The molecule has 1 aliphatic heterocycles. The summed E-state index contributed by atoms with van der Waals surface area (Å²) in [6, 6.07) is 18.4. The van der Waals surface area contributed by atoms with Crippen molar-refractivity contribution in [3.8, 4) is 0 Å². The molecule has 2 heteroatoms. The van der Waals surface area contributed by atoms with E-state index in [1.165, 1.54) is 62.6 Å². The highest BCUT2D eigenvalue weighted by molar-refractivity contribution is 6.96. The molecule has 0 atom stereocenters. The molecule has 0 nitrogen and oxygen atoms in total. The van der Waals surface area contributed by atoms with E-state index in [-0.39, 0.29) is 6.71 Å². The second-order valence-corrected chi connectivity index (χ2v) is 9.17. The van der Waals surface area contributed by atoms with Gasteiger partial charge in [-0.25, -0.2) is 0 Å². The first-order valence-corrected chi connectivity index (χ1v) is 11.3. The molecule has 0 fully saturated rings. The van der Waals surface area contributed by atoms with Crippen LogP contribution in [0.3, 0.4) is 0 Å². The molecule has 148 valence electrons. The summed E-state index contributed by atoms with van der Waals surface area (Å²) < 4.78 is 0. The third-order valence-corrected chi connectivity index (χ3v) is 6.63. The lowest BCUT2D eigenvalue weighted by molar-refractivity contribution is 0.796. The van der Waals surface area contributed by atoms with E-state index >= 15 is 0 Å². The lowest BCUT2D eigenvalue weighted by atomic mass is 9.34. The lowest BCUT2D eigenvalue weighted by Gasteiger charge is -2.24.